The minimum Gasteiger partial charge on any atom is -0.469 e. The number of allylic oxidation sites excluding steroid dienone is 1. The van der Waals surface area contributed by atoms with Gasteiger partial charge in [-0.1, -0.05) is 48.9 Å². The van der Waals surface area contributed by atoms with E-state index in [9.17, 15) is 9.59 Å². The first-order chi connectivity index (χ1) is 15.1. The van der Waals surface area contributed by atoms with Crippen molar-refractivity contribution in [3.63, 3.8) is 0 Å². The standard InChI is InChI=1S/C26H41BrO5Si/c1-16-14-25-15-17(16)10-11-18(25)26(12-9-13-31-33(7,8)23(2,3)4)20(19(25)21(28)30-6)24(5,27)22(29)32-26/h17-20H,1,9-15H2,2-8H3/t17-,18-,19-,20-,24-,25+,26-/m1/s1. The maximum absolute atomic E-state index is 13.4. The van der Waals surface area contributed by atoms with E-state index in [1.165, 1.54) is 12.7 Å². The summed E-state index contributed by atoms with van der Waals surface area (Å²) in [6.07, 6.45) is 5.34. The Morgan fingerprint density at radius 1 is 1.30 bits per heavy atom. The van der Waals surface area contributed by atoms with Crippen LogP contribution >= 0.6 is 15.9 Å². The average Bonchev–Trinajstić information content (AvgIpc) is 3.18. The molecule has 0 radical (unpaired) electrons. The van der Waals surface area contributed by atoms with Gasteiger partial charge in [0.05, 0.1) is 13.0 Å². The van der Waals surface area contributed by atoms with E-state index in [0.29, 0.717) is 12.5 Å². The lowest BCUT2D eigenvalue weighted by Gasteiger charge is -2.43. The molecule has 1 saturated heterocycles. The Kier molecular flexibility index (Phi) is 6.10. The van der Waals surface area contributed by atoms with Gasteiger partial charge in [0.25, 0.3) is 0 Å². The molecule has 33 heavy (non-hydrogen) atoms. The van der Waals surface area contributed by atoms with Crippen molar-refractivity contribution >= 4 is 36.2 Å². The summed E-state index contributed by atoms with van der Waals surface area (Å²) in [5.74, 6) is -0.474. The molecule has 7 atom stereocenters. The molecule has 5 nitrogen and oxygen atoms in total. The molecule has 0 aromatic carbocycles. The second kappa shape index (κ2) is 7.92. The zero-order valence-corrected chi connectivity index (χ0v) is 24.0. The Balaban J connectivity index is 1.68. The van der Waals surface area contributed by atoms with E-state index in [4.69, 9.17) is 13.9 Å². The zero-order chi connectivity index (χ0) is 24.6. The van der Waals surface area contributed by atoms with Gasteiger partial charge in [0.2, 0.25) is 0 Å². The highest BCUT2D eigenvalue weighted by Crippen LogP contribution is 2.75. The number of alkyl halides is 1. The van der Waals surface area contributed by atoms with E-state index in [2.05, 4.69) is 56.4 Å². The van der Waals surface area contributed by atoms with Crippen molar-refractivity contribution in [2.45, 2.75) is 94.3 Å². The Labute approximate surface area is 208 Å². The minimum absolute atomic E-state index is 0.144. The molecule has 4 fully saturated rings. The van der Waals surface area contributed by atoms with Crippen molar-refractivity contribution in [1.29, 1.82) is 0 Å². The van der Waals surface area contributed by atoms with E-state index in [1.54, 1.807) is 0 Å². The number of ether oxygens (including phenoxy) is 2. The third kappa shape index (κ3) is 3.54. The van der Waals surface area contributed by atoms with Crippen LogP contribution in [0.2, 0.25) is 18.1 Å². The highest BCUT2D eigenvalue weighted by Gasteiger charge is 2.80. The van der Waals surface area contributed by atoms with Gasteiger partial charge >= 0.3 is 11.9 Å². The van der Waals surface area contributed by atoms with Gasteiger partial charge in [0.15, 0.2) is 8.32 Å². The molecule has 3 saturated carbocycles. The first-order valence-electron chi connectivity index (χ1n) is 12.5. The maximum atomic E-state index is 13.4. The number of methoxy groups -OCH3 is 1. The quantitative estimate of drug-likeness (QED) is 0.135. The maximum Gasteiger partial charge on any atom is 0.323 e. The highest BCUT2D eigenvalue weighted by molar-refractivity contribution is 9.10. The first kappa shape index (κ1) is 25.4. The van der Waals surface area contributed by atoms with Crippen molar-refractivity contribution in [3.05, 3.63) is 12.2 Å². The van der Waals surface area contributed by atoms with Crippen LogP contribution in [0.5, 0.6) is 0 Å². The van der Waals surface area contributed by atoms with E-state index in [-0.39, 0.29) is 40.1 Å². The van der Waals surface area contributed by atoms with Crippen molar-refractivity contribution in [2.24, 2.45) is 29.1 Å². The van der Waals surface area contributed by atoms with Crippen LogP contribution in [0.15, 0.2) is 12.2 Å². The van der Waals surface area contributed by atoms with E-state index in [0.717, 1.165) is 38.5 Å². The van der Waals surface area contributed by atoms with Crippen LogP contribution in [0.4, 0.5) is 0 Å². The van der Waals surface area contributed by atoms with E-state index in [1.807, 2.05) is 6.92 Å². The summed E-state index contributed by atoms with van der Waals surface area (Å²) in [5.41, 5.74) is 0.360. The molecule has 0 amide bonds. The fraction of sp³-hybridized carbons (Fsp3) is 0.846. The van der Waals surface area contributed by atoms with Crippen LogP contribution < -0.4 is 0 Å². The summed E-state index contributed by atoms with van der Waals surface area (Å²) in [7, 11) is -0.391. The van der Waals surface area contributed by atoms with Crippen LogP contribution in [0.1, 0.15) is 66.2 Å². The van der Waals surface area contributed by atoms with Crippen LogP contribution in [0.25, 0.3) is 0 Å². The van der Waals surface area contributed by atoms with Gasteiger partial charge in [-0.25, -0.2) is 0 Å². The molecule has 1 spiro atoms. The monoisotopic (exact) mass is 540 g/mol. The summed E-state index contributed by atoms with van der Waals surface area (Å²) < 4.78 is 17.3. The summed E-state index contributed by atoms with van der Waals surface area (Å²) in [5, 5.41) is 0.151. The van der Waals surface area contributed by atoms with Crippen LogP contribution in [-0.2, 0) is 23.5 Å². The van der Waals surface area contributed by atoms with Crippen molar-refractivity contribution in [2.75, 3.05) is 13.7 Å². The SMILES string of the molecule is C=C1C[C@]23C[C@H]1CC[C@H]2[C@@]1(CCCO[Si](C)(C)C(C)(C)C)OC(=O)[C@](C)(Br)[C@H]1[C@@H]3C(=O)OC. The lowest BCUT2D eigenvalue weighted by Crippen LogP contribution is -2.45. The average molecular weight is 542 g/mol. The molecule has 7 heteroatoms. The van der Waals surface area contributed by atoms with Crippen molar-refractivity contribution in [1.82, 2.24) is 0 Å². The summed E-state index contributed by atoms with van der Waals surface area (Å²) in [6.45, 7) is 18.2. The lowest BCUT2D eigenvalue weighted by molar-refractivity contribution is -0.159. The number of fused-ring (bicyclic) bond motifs is 3. The number of hydrogen-bond acceptors (Lipinski definition) is 5. The number of halogens is 1. The van der Waals surface area contributed by atoms with Gasteiger partial charge in [0.1, 0.15) is 9.93 Å². The van der Waals surface area contributed by atoms with Crippen molar-refractivity contribution in [3.8, 4) is 0 Å². The number of rotatable bonds is 6. The molecule has 0 aromatic rings. The van der Waals surface area contributed by atoms with Crippen LogP contribution in [-0.4, -0.2) is 43.9 Å². The molecule has 1 heterocycles. The molecular formula is C26H41BrO5Si. The molecule has 0 N–H and O–H groups in total. The molecule has 186 valence electrons. The fourth-order valence-corrected chi connectivity index (χ4v) is 9.38. The number of carbonyl (C=O) groups is 2. The Bertz CT molecular complexity index is 861. The third-order valence-electron chi connectivity index (χ3n) is 10.0. The molecule has 4 rings (SSSR count). The highest BCUT2D eigenvalue weighted by atomic mass is 79.9. The summed E-state index contributed by atoms with van der Waals surface area (Å²) in [4.78, 5) is 26.5. The Morgan fingerprint density at radius 3 is 2.58 bits per heavy atom. The van der Waals surface area contributed by atoms with Crippen molar-refractivity contribution < 1.29 is 23.5 Å². The van der Waals surface area contributed by atoms with E-state index >= 15 is 0 Å². The normalized spacial score (nSPS) is 42.2. The number of carbonyl (C=O) groups excluding carboxylic acids is 2. The predicted octanol–water partition coefficient (Wildman–Crippen LogP) is 6.02. The van der Waals surface area contributed by atoms with Crippen LogP contribution in [0, 0.1) is 29.1 Å². The topological polar surface area (TPSA) is 61.8 Å². The molecule has 4 aliphatic rings. The first-order valence-corrected chi connectivity index (χ1v) is 16.2. The summed E-state index contributed by atoms with van der Waals surface area (Å²) in [6, 6.07) is 0. The molecule has 0 aromatic heterocycles. The molecule has 0 unspecified atom stereocenters. The van der Waals surface area contributed by atoms with E-state index < -0.39 is 18.2 Å². The molecule has 3 aliphatic carbocycles. The molecule has 1 aliphatic heterocycles. The fourth-order valence-electron chi connectivity index (χ4n) is 7.56. The number of esters is 2. The Morgan fingerprint density at radius 2 is 1.97 bits per heavy atom. The lowest BCUT2D eigenvalue weighted by atomic mass is 9.63. The van der Waals surface area contributed by atoms with Crippen LogP contribution in [0.3, 0.4) is 0 Å². The largest absolute Gasteiger partial charge is 0.469 e. The van der Waals surface area contributed by atoms with Gasteiger partial charge in [0, 0.05) is 18.4 Å². The van der Waals surface area contributed by atoms with Gasteiger partial charge < -0.3 is 13.9 Å². The summed E-state index contributed by atoms with van der Waals surface area (Å²) >= 11 is 3.74. The Hall–Kier alpha value is -0.663. The molecular weight excluding hydrogens is 500 g/mol. The smallest absolute Gasteiger partial charge is 0.323 e. The second-order valence-corrected chi connectivity index (χ2v) is 19.2. The zero-order valence-electron chi connectivity index (χ0n) is 21.4. The minimum atomic E-state index is -1.86. The van der Waals surface area contributed by atoms with Gasteiger partial charge in [-0.3, -0.25) is 9.59 Å². The second-order valence-electron chi connectivity index (χ2n) is 12.7. The van der Waals surface area contributed by atoms with Gasteiger partial charge in [-0.2, -0.15) is 0 Å². The molecule has 2 bridgehead atoms. The number of hydrogen-bond donors (Lipinski definition) is 0. The predicted molar refractivity (Wildman–Crippen MR) is 135 cm³/mol. The van der Waals surface area contributed by atoms with Gasteiger partial charge in [-0.15, -0.1) is 0 Å². The van der Waals surface area contributed by atoms with Gasteiger partial charge in [-0.05, 0) is 74.9 Å². The third-order valence-corrected chi connectivity index (χ3v) is 15.4.